The number of nitrogens with zero attached hydrogens (tertiary/aromatic N) is 2. The molecule has 3 aromatic rings. The third-order valence-electron chi connectivity index (χ3n) is 6.95. The summed E-state index contributed by atoms with van der Waals surface area (Å²) >= 11 is 0. The Morgan fingerprint density at radius 1 is 1.03 bits per heavy atom. The Labute approximate surface area is 172 Å². The molecule has 1 unspecified atom stereocenters. The zero-order valence-electron chi connectivity index (χ0n) is 17.3. The summed E-state index contributed by atoms with van der Waals surface area (Å²) in [6.07, 6.45) is 4.02. The zero-order chi connectivity index (χ0) is 20.0. The molecule has 1 amide bonds. The molecule has 29 heavy (non-hydrogen) atoms. The molecule has 3 heterocycles. The lowest BCUT2D eigenvalue weighted by Gasteiger charge is -2.60. The van der Waals surface area contributed by atoms with Crippen molar-refractivity contribution in [2.24, 2.45) is 5.41 Å². The lowest BCUT2D eigenvalue weighted by atomic mass is 9.61. The second-order valence-corrected chi connectivity index (χ2v) is 8.91. The lowest BCUT2D eigenvalue weighted by molar-refractivity contribution is -0.185. The Kier molecular flexibility index (Phi) is 4.47. The van der Waals surface area contributed by atoms with Crippen LogP contribution in [0.25, 0.3) is 10.9 Å². The van der Waals surface area contributed by atoms with Crippen LogP contribution >= 0.6 is 0 Å². The molecule has 0 radical (unpaired) electrons. The normalized spacial score (nSPS) is 21.8. The van der Waals surface area contributed by atoms with Crippen molar-refractivity contribution >= 4 is 16.8 Å². The Bertz CT molecular complexity index is 1010. The quantitative estimate of drug-likeness (QED) is 0.657. The maximum absolute atomic E-state index is 13.3. The predicted octanol–water partition coefficient (Wildman–Crippen LogP) is 4.74. The van der Waals surface area contributed by atoms with E-state index in [4.69, 9.17) is 0 Å². The first-order valence-corrected chi connectivity index (χ1v) is 10.8. The topological polar surface area (TPSA) is 39.3 Å². The Morgan fingerprint density at radius 2 is 1.72 bits per heavy atom. The maximum Gasteiger partial charge on any atom is 0.232 e. The molecule has 2 saturated heterocycles. The number of amides is 1. The molecule has 1 spiro atoms. The van der Waals surface area contributed by atoms with Crippen molar-refractivity contribution in [2.45, 2.75) is 45.3 Å². The minimum absolute atomic E-state index is 0.214. The van der Waals surface area contributed by atoms with Crippen molar-refractivity contribution in [3.05, 3.63) is 71.9 Å². The molecular weight excluding hydrogens is 358 g/mol. The Hall–Kier alpha value is -2.59. The number of para-hydroxylation sites is 1. The van der Waals surface area contributed by atoms with Crippen LogP contribution < -0.4 is 0 Å². The summed E-state index contributed by atoms with van der Waals surface area (Å²) < 4.78 is 0. The average Bonchev–Trinajstić information content (AvgIpc) is 3.15. The largest absolute Gasteiger partial charge is 0.361 e. The summed E-state index contributed by atoms with van der Waals surface area (Å²) in [4.78, 5) is 21.3. The minimum atomic E-state index is -0.220. The van der Waals surface area contributed by atoms with Gasteiger partial charge in [-0.05, 0) is 57.0 Å². The number of hydrogen-bond acceptors (Lipinski definition) is 2. The Morgan fingerprint density at radius 3 is 2.45 bits per heavy atom. The number of H-pyrrole nitrogens is 1. The van der Waals surface area contributed by atoms with E-state index < -0.39 is 0 Å². The predicted molar refractivity (Wildman–Crippen MR) is 116 cm³/mol. The highest BCUT2D eigenvalue weighted by atomic mass is 16.2. The van der Waals surface area contributed by atoms with Crippen molar-refractivity contribution in [1.82, 2.24) is 14.8 Å². The molecule has 0 saturated carbocycles. The number of piperidine rings is 1. The second kappa shape index (κ2) is 7.03. The number of hydrogen-bond donors (Lipinski definition) is 1. The number of carbonyl (C=O) groups excluding carboxylic acids is 1. The fraction of sp³-hybridized carbons (Fsp3) is 0.400. The van der Waals surface area contributed by atoms with Crippen molar-refractivity contribution in [3.8, 4) is 0 Å². The lowest BCUT2D eigenvalue weighted by Crippen LogP contribution is -2.67. The summed E-state index contributed by atoms with van der Waals surface area (Å²) in [6.45, 7) is 7.15. The minimum Gasteiger partial charge on any atom is -0.361 e. The van der Waals surface area contributed by atoms with Crippen LogP contribution in [0, 0.1) is 5.41 Å². The van der Waals surface area contributed by atoms with Gasteiger partial charge in [-0.3, -0.25) is 9.69 Å². The fourth-order valence-electron chi connectivity index (χ4n) is 5.44. The van der Waals surface area contributed by atoms with Gasteiger partial charge in [-0.25, -0.2) is 0 Å². The van der Waals surface area contributed by atoms with Crippen molar-refractivity contribution in [1.29, 1.82) is 0 Å². The number of aromatic nitrogens is 1. The number of carbonyl (C=O) groups is 1. The summed E-state index contributed by atoms with van der Waals surface area (Å²) in [7, 11) is 0. The van der Waals surface area contributed by atoms with Gasteiger partial charge in [0.2, 0.25) is 5.91 Å². The first-order chi connectivity index (χ1) is 14.1. The molecule has 2 aliphatic rings. The van der Waals surface area contributed by atoms with Gasteiger partial charge in [0, 0.05) is 29.7 Å². The third-order valence-corrected chi connectivity index (χ3v) is 6.95. The van der Waals surface area contributed by atoms with E-state index in [-0.39, 0.29) is 17.5 Å². The second-order valence-electron chi connectivity index (χ2n) is 8.91. The number of aromatic amines is 1. The molecule has 4 nitrogen and oxygen atoms in total. The summed E-state index contributed by atoms with van der Waals surface area (Å²) in [5.41, 5.74) is 3.61. The Balaban J connectivity index is 1.35. The van der Waals surface area contributed by atoms with Gasteiger partial charge in [0.05, 0.1) is 11.5 Å². The van der Waals surface area contributed by atoms with Crippen LogP contribution in [-0.2, 0) is 11.3 Å². The van der Waals surface area contributed by atoms with Crippen LogP contribution in [-0.4, -0.2) is 39.8 Å². The molecule has 0 aliphatic carbocycles. The fourth-order valence-corrected chi connectivity index (χ4v) is 5.44. The van der Waals surface area contributed by atoms with Crippen LogP contribution in [0.15, 0.2) is 60.8 Å². The molecule has 150 valence electrons. The van der Waals surface area contributed by atoms with Gasteiger partial charge >= 0.3 is 0 Å². The van der Waals surface area contributed by atoms with Gasteiger partial charge in [-0.15, -0.1) is 0 Å². The third kappa shape index (κ3) is 2.89. The highest BCUT2D eigenvalue weighted by Crippen LogP contribution is 2.56. The van der Waals surface area contributed by atoms with Gasteiger partial charge < -0.3 is 9.88 Å². The van der Waals surface area contributed by atoms with E-state index in [0.29, 0.717) is 5.91 Å². The van der Waals surface area contributed by atoms with Crippen LogP contribution in [0.4, 0.5) is 0 Å². The first kappa shape index (κ1) is 18.4. The van der Waals surface area contributed by atoms with Gasteiger partial charge in [0.25, 0.3) is 0 Å². The van der Waals surface area contributed by atoms with E-state index in [9.17, 15) is 4.79 Å². The van der Waals surface area contributed by atoms with E-state index in [2.05, 4.69) is 89.4 Å². The van der Waals surface area contributed by atoms with E-state index in [1.54, 1.807) is 0 Å². The summed E-state index contributed by atoms with van der Waals surface area (Å²) in [5.74, 6) is 0.355. The smallest absolute Gasteiger partial charge is 0.232 e. The average molecular weight is 388 g/mol. The van der Waals surface area contributed by atoms with Crippen molar-refractivity contribution < 1.29 is 4.79 Å². The van der Waals surface area contributed by atoms with Gasteiger partial charge in [0.15, 0.2) is 0 Å². The van der Waals surface area contributed by atoms with Crippen LogP contribution in [0.5, 0.6) is 0 Å². The van der Waals surface area contributed by atoms with E-state index in [1.807, 2.05) is 0 Å². The molecular formula is C25H29N3O. The molecule has 1 atom stereocenters. The van der Waals surface area contributed by atoms with Gasteiger partial charge in [-0.2, -0.15) is 0 Å². The van der Waals surface area contributed by atoms with Crippen LogP contribution in [0.3, 0.4) is 0 Å². The standard InChI is InChI=1S/C25H29N3O/c1-18(2)28-23(19-8-4-3-5-9-19)25(24(28)29)12-14-27(15-13-25)17-20-16-26-22-11-7-6-10-21(20)22/h3-11,16,18,23,26H,12-15,17H2,1-2H3. The van der Waals surface area contributed by atoms with E-state index in [1.165, 1.54) is 22.0 Å². The maximum atomic E-state index is 13.3. The monoisotopic (exact) mass is 387 g/mol. The number of β-lactam (4-membered cyclic amide) rings is 1. The first-order valence-electron chi connectivity index (χ1n) is 10.8. The molecule has 0 bridgehead atoms. The number of benzene rings is 2. The highest BCUT2D eigenvalue weighted by molar-refractivity contribution is 5.91. The molecule has 4 heteroatoms. The number of nitrogens with one attached hydrogen (secondary N) is 1. The molecule has 2 aromatic carbocycles. The van der Waals surface area contributed by atoms with Gasteiger partial charge in [-0.1, -0.05) is 48.5 Å². The molecule has 2 aliphatic heterocycles. The van der Waals surface area contributed by atoms with E-state index in [0.717, 1.165) is 32.5 Å². The number of fused-ring (bicyclic) bond motifs is 1. The number of likely N-dealkylation sites (tertiary alicyclic amines) is 2. The summed E-state index contributed by atoms with van der Waals surface area (Å²) in [5, 5.41) is 1.31. The molecule has 1 aromatic heterocycles. The van der Waals surface area contributed by atoms with Crippen molar-refractivity contribution in [3.63, 3.8) is 0 Å². The summed E-state index contributed by atoms with van der Waals surface area (Å²) in [6, 6.07) is 19.6. The zero-order valence-corrected chi connectivity index (χ0v) is 17.3. The van der Waals surface area contributed by atoms with Gasteiger partial charge in [0.1, 0.15) is 0 Å². The van der Waals surface area contributed by atoms with Crippen LogP contribution in [0.1, 0.15) is 43.9 Å². The van der Waals surface area contributed by atoms with E-state index >= 15 is 0 Å². The highest BCUT2D eigenvalue weighted by Gasteiger charge is 2.61. The SMILES string of the molecule is CC(C)N1C(=O)C2(CCN(Cc3c[nH]c4ccccc34)CC2)C1c1ccccc1. The van der Waals surface area contributed by atoms with Crippen LogP contribution in [0.2, 0.25) is 0 Å². The number of rotatable bonds is 4. The molecule has 2 fully saturated rings. The molecule has 1 N–H and O–H groups in total. The van der Waals surface area contributed by atoms with Crippen molar-refractivity contribution in [2.75, 3.05) is 13.1 Å². The molecule has 5 rings (SSSR count).